The highest BCUT2D eigenvalue weighted by Crippen LogP contribution is 2.38. The normalized spacial score (nSPS) is 14.3. The number of carbonyl (C=O) groups is 1. The number of hydrogen-bond donors (Lipinski definition) is 2. The van der Waals surface area contributed by atoms with Crippen molar-refractivity contribution in [3.8, 4) is 11.5 Å². The molecule has 1 unspecified atom stereocenters. The van der Waals surface area contributed by atoms with Crippen LogP contribution in [-0.4, -0.2) is 48.7 Å². The minimum Gasteiger partial charge on any atom is -0.504 e. The lowest BCUT2D eigenvalue weighted by Crippen LogP contribution is -2.52. The van der Waals surface area contributed by atoms with Gasteiger partial charge in [0.25, 0.3) is 6.10 Å². The second kappa shape index (κ2) is 7.45. The third-order valence-corrected chi connectivity index (χ3v) is 3.70. The Labute approximate surface area is 143 Å². The number of esters is 1. The van der Waals surface area contributed by atoms with Crippen molar-refractivity contribution in [2.24, 2.45) is 0 Å². The number of benzene rings is 1. The van der Waals surface area contributed by atoms with Crippen LogP contribution in [0.25, 0.3) is 6.08 Å². The van der Waals surface area contributed by atoms with E-state index in [4.69, 9.17) is 9.29 Å². The van der Waals surface area contributed by atoms with Gasteiger partial charge in [-0.1, -0.05) is 6.07 Å². The monoisotopic (exact) mass is 406 g/mol. The molecule has 0 amide bonds. The van der Waals surface area contributed by atoms with E-state index in [0.29, 0.717) is 6.08 Å². The smallest absolute Gasteiger partial charge is 0.432 e. The van der Waals surface area contributed by atoms with E-state index in [1.807, 2.05) is 0 Å². The molecule has 26 heavy (non-hydrogen) atoms. The summed E-state index contributed by atoms with van der Waals surface area (Å²) in [6.45, 7) is 0. The molecule has 2 N–H and O–H groups in total. The number of ether oxygens (including phenoxy) is 2. The van der Waals surface area contributed by atoms with Crippen molar-refractivity contribution < 1.29 is 54.3 Å². The first-order chi connectivity index (χ1) is 11.7. The predicted octanol–water partition coefficient (Wildman–Crippen LogP) is 2.37. The molecule has 0 fully saturated rings. The second-order valence-electron chi connectivity index (χ2n) is 4.66. The third kappa shape index (κ3) is 5.05. The van der Waals surface area contributed by atoms with E-state index in [1.54, 1.807) is 0 Å². The number of methoxy groups -OCH3 is 1. The minimum atomic E-state index is -6.51. The van der Waals surface area contributed by atoms with Gasteiger partial charge >= 0.3 is 27.5 Å². The van der Waals surface area contributed by atoms with Crippen molar-refractivity contribution in [2.75, 3.05) is 7.11 Å². The summed E-state index contributed by atoms with van der Waals surface area (Å²) < 4.78 is 102. The van der Waals surface area contributed by atoms with Crippen LogP contribution in [0.3, 0.4) is 0 Å². The van der Waals surface area contributed by atoms with Gasteiger partial charge in [-0.05, 0) is 23.8 Å². The molecule has 146 valence electrons. The largest absolute Gasteiger partial charge is 0.504 e. The van der Waals surface area contributed by atoms with E-state index in [-0.39, 0.29) is 17.1 Å². The lowest BCUT2D eigenvalue weighted by Gasteiger charge is -2.25. The summed E-state index contributed by atoms with van der Waals surface area (Å²) in [5.41, 5.74) is 0.113. The first-order valence-electron chi connectivity index (χ1n) is 6.37. The Balaban J connectivity index is 3.05. The highest BCUT2D eigenvalue weighted by molar-refractivity contribution is 7.86. The summed E-state index contributed by atoms with van der Waals surface area (Å²) in [6.07, 6.45) is -9.25. The Kier molecular flexibility index (Phi) is 6.20. The molecule has 0 bridgehead atoms. The van der Waals surface area contributed by atoms with E-state index in [1.165, 1.54) is 13.2 Å². The van der Waals surface area contributed by atoms with Crippen LogP contribution in [0, 0.1) is 0 Å². The van der Waals surface area contributed by atoms with Gasteiger partial charge in [0, 0.05) is 6.08 Å². The van der Waals surface area contributed by atoms with Crippen molar-refractivity contribution in [1.29, 1.82) is 0 Å². The lowest BCUT2D eigenvalue weighted by molar-refractivity contribution is -0.257. The van der Waals surface area contributed by atoms with Crippen LogP contribution in [0.2, 0.25) is 0 Å². The van der Waals surface area contributed by atoms with Crippen LogP contribution in [0.4, 0.5) is 22.0 Å². The van der Waals surface area contributed by atoms with Gasteiger partial charge in [-0.15, -0.1) is 0 Å². The number of carbonyl (C=O) groups excluding carboxylic acids is 1. The van der Waals surface area contributed by atoms with Gasteiger partial charge in [0.1, 0.15) is 0 Å². The number of hydrogen-bond acceptors (Lipinski definition) is 6. The fourth-order valence-corrected chi connectivity index (χ4v) is 2.03. The minimum absolute atomic E-state index is 0.0495. The number of phenols is 1. The molecule has 7 nitrogen and oxygen atoms in total. The van der Waals surface area contributed by atoms with Crippen LogP contribution in [-0.2, 0) is 19.6 Å². The molecule has 1 atom stereocenters. The molecule has 1 rings (SSSR count). The van der Waals surface area contributed by atoms with Gasteiger partial charge in [-0.3, -0.25) is 4.55 Å². The molecule has 13 heteroatoms. The molecule has 0 heterocycles. The molecule has 1 aromatic carbocycles. The number of halogens is 5. The van der Waals surface area contributed by atoms with Gasteiger partial charge in [-0.25, -0.2) is 4.79 Å². The molecule has 0 spiro atoms. The van der Waals surface area contributed by atoms with Crippen LogP contribution >= 0.6 is 0 Å². The molecule has 0 aromatic heterocycles. The van der Waals surface area contributed by atoms with E-state index in [0.717, 1.165) is 18.2 Å². The Bertz CT molecular complexity index is 802. The summed E-state index contributed by atoms with van der Waals surface area (Å²) >= 11 is 0. The molecule has 0 aliphatic heterocycles. The van der Waals surface area contributed by atoms with Crippen LogP contribution in [0.1, 0.15) is 5.56 Å². The van der Waals surface area contributed by atoms with Crippen molar-refractivity contribution >= 4 is 22.2 Å². The van der Waals surface area contributed by atoms with E-state index in [2.05, 4.69) is 4.74 Å². The molecule has 0 radical (unpaired) electrons. The first kappa shape index (κ1) is 21.6. The van der Waals surface area contributed by atoms with Crippen LogP contribution < -0.4 is 4.74 Å². The maximum atomic E-state index is 13.3. The molecule has 1 aromatic rings. The summed E-state index contributed by atoms with van der Waals surface area (Å²) in [5.74, 6) is -2.29. The lowest BCUT2D eigenvalue weighted by atomic mass is 10.2. The Morgan fingerprint density at radius 1 is 1.23 bits per heavy atom. The van der Waals surface area contributed by atoms with Crippen molar-refractivity contribution in [2.45, 2.75) is 17.5 Å². The zero-order chi connectivity index (χ0) is 20.3. The maximum absolute atomic E-state index is 13.3. The zero-order valence-electron chi connectivity index (χ0n) is 12.7. The second-order valence-corrected chi connectivity index (χ2v) is 6.15. The summed E-state index contributed by atoms with van der Waals surface area (Å²) in [6, 6.07) is 3.48. The molecule has 0 saturated heterocycles. The molecule has 0 saturated carbocycles. The van der Waals surface area contributed by atoms with Gasteiger partial charge < -0.3 is 14.6 Å². The van der Waals surface area contributed by atoms with Crippen LogP contribution in [0.5, 0.6) is 11.5 Å². The van der Waals surface area contributed by atoms with Gasteiger partial charge in [-0.2, -0.15) is 30.4 Å². The molecule has 0 aliphatic carbocycles. The number of phenolic OH excluding ortho intramolecular Hbond substituents is 1. The number of alkyl halides is 5. The average Bonchev–Trinajstić information content (AvgIpc) is 2.49. The van der Waals surface area contributed by atoms with Crippen molar-refractivity contribution in [1.82, 2.24) is 0 Å². The number of aromatic hydroxyl groups is 1. The fourth-order valence-electron chi connectivity index (χ4n) is 1.58. The number of rotatable bonds is 6. The van der Waals surface area contributed by atoms with E-state index >= 15 is 0 Å². The zero-order valence-corrected chi connectivity index (χ0v) is 13.5. The molecule has 0 aliphatic rings. The van der Waals surface area contributed by atoms with Gasteiger partial charge in [0.05, 0.1) is 7.11 Å². The quantitative estimate of drug-likeness (QED) is 0.323. The first-order valence-corrected chi connectivity index (χ1v) is 7.81. The SMILES string of the molecule is COc1cc(/C=C/C(=O)OC(C(F)(F)F)C(F)(F)S(=O)(=O)O)ccc1O. The van der Waals surface area contributed by atoms with Gasteiger partial charge in [0.2, 0.25) is 0 Å². The summed E-state index contributed by atoms with van der Waals surface area (Å²) in [5, 5.41) is 3.55. The standard InChI is InChI=1S/C13H11F5O7S/c1-24-9-6-7(2-4-8(9)19)3-5-10(20)25-11(12(14,15)16)13(17,18)26(21,22)23/h2-6,11,19H,1H3,(H,21,22,23)/b5-3+. The van der Waals surface area contributed by atoms with Crippen molar-refractivity contribution in [3.63, 3.8) is 0 Å². The average molecular weight is 406 g/mol. The summed E-state index contributed by atoms with van der Waals surface area (Å²) in [7, 11) is -5.31. The molecular weight excluding hydrogens is 395 g/mol. The Morgan fingerprint density at radius 3 is 2.27 bits per heavy atom. The summed E-state index contributed by atoms with van der Waals surface area (Å²) in [4.78, 5) is 11.4. The van der Waals surface area contributed by atoms with Gasteiger partial charge in [0.15, 0.2) is 11.5 Å². The highest BCUT2D eigenvalue weighted by Gasteiger charge is 2.65. The third-order valence-electron chi connectivity index (χ3n) is 2.80. The topological polar surface area (TPSA) is 110 Å². The highest BCUT2D eigenvalue weighted by atomic mass is 32.2. The maximum Gasteiger partial charge on any atom is 0.432 e. The fraction of sp³-hybridized carbons (Fsp3) is 0.308. The van der Waals surface area contributed by atoms with E-state index < -0.39 is 33.6 Å². The Morgan fingerprint density at radius 2 is 1.81 bits per heavy atom. The Hall–Kier alpha value is -2.41. The molecular formula is C13H11F5O7S. The predicted molar refractivity (Wildman–Crippen MR) is 76.1 cm³/mol. The van der Waals surface area contributed by atoms with Crippen molar-refractivity contribution in [3.05, 3.63) is 29.8 Å². The van der Waals surface area contributed by atoms with E-state index in [9.17, 15) is 40.3 Å². The van der Waals surface area contributed by atoms with Crippen LogP contribution in [0.15, 0.2) is 24.3 Å².